The number of rotatable bonds is 6. The first-order valence-electron chi connectivity index (χ1n) is 9.11. The zero-order valence-corrected chi connectivity index (χ0v) is 17.2. The van der Waals surface area contributed by atoms with Crippen LogP contribution in [0.25, 0.3) is 0 Å². The molecule has 2 aromatic carbocycles. The number of esters is 1. The fourth-order valence-electron chi connectivity index (χ4n) is 3.20. The van der Waals surface area contributed by atoms with Gasteiger partial charge in [-0.2, -0.15) is 0 Å². The molecule has 1 heterocycles. The van der Waals surface area contributed by atoms with Gasteiger partial charge in [-0.15, -0.1) is 0 Å². The van der Waals surface area contributed by atoms with Crippen LogP contribution in [0, 0.1) is 5.92 Å². The highest BCUT2D eigenvalue weighted by molar-refractivity contribution is 6.42. The summed E-state index contributed by atoms with van der Waals surface area (Å²) < 4.78 is 5.11. The maximum Gasteiger partial charge on any atom is 0.311 e. The molecule has 29 heavy (non-hydrogen) atoms. The van der Waals surface area contributed by atoms with Gasteiger partial charge >= 0.3 is 5.97 Å². The maximum atomic E-state index is 12.4. The third-order valence-corrected chi connectivity index (χ3v) is 5.53. The predicted molar refractivity (Wildman–Crippen MR) is 111 cm³/mol. The van der Waals surface area contributed by atoms with Crippen LogP contribution in [0.4, 0.5) is 5.69 Å². The van der Waals surface area contributed by atoms with E-state index in [0.29, 0.717) is 15.7 Å². The Morgan fingerprint density at radius 1 is 1.17 bits per heavy atom. The summed E-state index contributed by atoms with van der Waals surface area (Å²) in [7, 11) is 0. The lowest BCUT2D eigenvalue weighted by Crippen LogP contribution is -2.30. The number of halogens is 2. The van der Waals surface area contributed by atoms with Gasteiger partial charge in [-0.1, -0.05) is 53.5 Å². The molecule has 1 fully saturated rings. The first-order valence-corrected chi connectivity index (χ1v) is 9.86. The number of carbonyl (C=O) groups is 3. The number of amides is 2. The average molecular weight is 435 g/mol. The molecule has 8 heteroatoms. The normalized spacial score (nSPS) is 17.1. The van der Waals surface area contributed by atoms with Crippen molar-refractivity contribution in [3.05, 3.63) is 64.1 Å². The molecule has 0 spiro atoms. The van der Waals surface area contributed by atoms with E-state index in [9.17, 15) is 14.4 Å². The number of benzene rings is 2. The van der Waals surface area contributed by atoms with Crippen LogP contribution in [0.15, 0.2) is 48.5 Å². The van der Waals surface area contributed by atoms with E-state index in [4.69, 9.17) is 27.9 Å². The number of hydrogen-bond donors (Lipinski definition) is 1. The maximum absolute atomic E-state index is 12.4. The number of nitrogens with one attached hydrogen (secondary N) is 1. The SMILES string of the molecule is C[C@@H](c1ccccc1)N1C[C@H](C(=O)OCC(=O)Nc2ccc(Cl)c(Cl)c2)CC1=O. The van der Waals surface area contributed by atoms with Gasteiger partial charge in [0, 0.05) is 18.7 Å². The summed E-state index contributed by atoms with van der Waals surface area (Å²) in [6.07, 6.45) is 0.0738. The first kappa shape index (κ1) is 21.1. The summed E-state index contributed by atoms with van der Waals surface area (Å²) in [4.78, 5) is 38.4. The Morgan fingerprint density at radius 3 is 2.59 bits per heavy atom. The van der Waals surface area contributed by atoms with E-state index < -0.39 is 24.4 Å². The Kier molecular flexibility index (Phi) is 6.77. The van der Waals surface area contributed by atoms with Crippen molar-refractivity contribution in [3.8, 4) is 0 Å². The number of ether oxygens (including phenoxy) is 1. The highest BCUT2D eigenvalue weighted by atomic mass is 35.5. The van der Waals surface area contributed by atoms with Crippen LogP contribution in [-0.2, 0) is 19.1 Å². The minimum atomic E-state index is -0.591. The van der Waals surface area contributed by atoms with Gasteiger partial charge in [-0.25, -0.2) is 0 Å². The molecule has 0 aliphatic carbocycles. The number of anilines is 1. The van der Waals surface area contributed by atoms with Crippen LogP contribution in [0.3, 0.4) is 0 Å². The lowest BCUT2D eigenvalue weighted by Gasteiger charge is -2.25. The zero-order valence-electron chi connectivity index (χ0n) is 15.7. The molecule has 1 aliphatic rings. The van der Waals surface area contributed by atoms with E-state index in [1.165, 1.54) is 6.07 Å². The van der Waals surface area contributed by atoms with Gasteiger partial charge in [-0.05, 0) is 30.7 Å². The monoisotopic (exact) mass is 434 g/mol. The van der Waals surface area contributed by atoms with Crippen LogP contribution < -0.4 is 5.32 Å². The smallest absolute Gasteiger partial charge is 0.311 e. The molecule has 2 aromatic rings. The van der Waals surface area contributed by atoms with E-state index in [1.807, 2.05) is 37.3 Å². The van der Waals surface area contributed by atoms with Crippen LogP contribution >= 0.6 is 23.2 Å². The second-order valence-electron chi connectivity index (χ2n) is 6.82. The quantitative estimate of drug-likeness (QED) is 0.694. The highest BCUT2D eigenvalue weighted by Gasteiger charge is 2.38. The first-order chi connectivity index (χ1) is 13.8. The van der Waals surface area contributed by atoms with Crippen LogP contribution in [-0.4, -0.2) is 35.8 Å². The molecule has 1 N–H and O–H groups in total. The molecule has 152 valence electrons. The van der Waals surface area contributed by atoms with Crippen molar-refractivity contribution in [1.82, 2.24) is 4.90 Å². The number of hydrogen-bond acceptors (Lipinski definition) is 4. The molecule has 3 rings (SSSR count). The van der Waals surface area contributed by atoms with Gasteiger partial charge in [0.25, 0.3) is 5.91 Å². The third-order valence-electron chi connectivity index (χ3n) is 4.79. The van der Waals surface area contributed by atoms with Gasteiger partial charge in [0.1, 0.15) is 0 Å². The van der Waals surface area contributed by atoms with Gasteiger partial charge in [0.05, 0.1) is 22.0 Å². The largest absolute Gasteiger partial charge is 0.455 e. The van der Waals surface area contributed by atoms with E-state index in [2.05, 4.69) is 5.32 Å². The summed E-state index contributed by atoms with van der Waals surface area (Å²) in [6, 6.07) is 14.1. The molecule has 0 radical (unpaired) electrons. The van der Waals surface area contributed by atoms with Crippen molar-refractivity contribution in [1.29, 1.82) is 0 Å². The van der Waals surface area contributed by atoms with Gasteiger partial charge in [-0.3, -0.25) is 14.4 Å². The molecule has 0 unspecified atom stereocenters. The van der Waals surface area contributed by atoms with E-state index in [-0.39, 0.29) is 24.9 Å². The Hall–Kier alpha value is -2.57. The molecule has 0 aromatic heterocycles. The topological polar surface area (TPSA) is 75.7 Å². The average Bonchev–Trinajstić information content (AvgIpc) is 3.11. The summed E-state index contributed by atoms with van der Waals surface area (Å²) in [5.74, 6) is -1.77. The van der Waals surface area contributed by atoms with Crippen LogP contribution in [0.1, 0.15) is 24.9 Å². The molecule has 2 amide bonds. The molecular weight excluding hydrogens is 415 g/mol. The molecular formula is C21H20Cl2N2O4. The van der Waals surface area contributed by atoms with E-state index >= 15 is 0 Å². The second kappa shape index (κ2) is 9.29. The molecule has 0 bridgehead atoms. The zero-order chi connectivity index (χ0) is 21.0. The van der Waals surface area contributed by atoms with Gasteiger partial charge < -0.3 is 15.0 Å². The standard InChI is InChI=1S/C21H20Cl2N2O4/c1-13(14-5-3-2-4-6-14)25-11-15(9-20(25)27)21(28)29-12-19(26)24-16-7-8-17(22)18(23)10-16/h2-8,10,13,15H,9,11-12H2,1H3,(H,24,26)/t13-,15+/m0/s1. The molecule has 0 saturated carbocycles. The fraction of sp³-hybridized carbons (Fsp3) is 0.286. The fourth-order valence-corrected chi connectivity index (χ4v) is 3.50. The molecule has 6 nitrogen and oxygen atoms in total. The van der Waals surface area contributed by atoms with Gasteiger partial charge in [0.15, 0.2) is 6.61 Å². The van der Waals surface area contributed by atoms with Crippen molar-refractivity contribution < 1.29 is 19.1 Å². The lowest BCUT2D eigenvalue weighted by molar-refractivity contribution is -0.151. The number of carbonyl (C=O) groups excluding carboxylic acids is 3. The summed E-state index contributed by atoms with van der Waals surface area (Å²) in [6.45, 7) is 1.74. The van der Waals surface area contributed by atoms with Crippen molar-refractivity contribution in [2.24, 2.45) is 5.92 Å². The molecule has 1 saturated heterocycles. The Labute approximate surface area is 178 Å². The minimum Gasteiger partial charge on any atom is -0.455 e. The van der Waals surface area contributed by atoms with Crippen LogP contribution in [0.5, 0.6) is 0 Å². The minimum absolute atomic E-state index is 0.0738. The van der Waals surface area contributed by atoms with Crippen molar-refractivity contribution in [2.45, 2.75) is 19.4 Å². The van der Waals surface area contributed by atoms with Crippen molar-refractivity contribution in [2.75, 3.05) is 18.5 Å². The number of nitrogens with zero attached hydrogens (tertiary/aromatic N) is 1. The van der Waals surface area contributed by atoms with E-state index in [1.54, 1.807) is 17.0 Å². The second-order valence-corrected chi connectivity index (χ2v) is 7.63. The van der Waals surface area contributed by atoms with Crippen LogP contribution in [0.2, 0.25) is 10.0 Å². The Morgan fingerprint density at radius 2 is 1.90 bits per heavy atom. The van der Waals surface area contributed by atoms with Gasteiger partial charge in [0.2, 0.25) is 5.91 Å². The molecule has 2 atom stereocenters. The predicted octanol–water partition coefficient (Wildman–Crippen LogP) is 4.08. The highest BCUT2D eigenvalue weighted by Crippen LogP contribution is 2.29. The summed E-state index contributed by atoms with van der Waals surface area (Å²) in [5, 5.41) is 3.25. The Balaban J connectivity index is 1.51. The lowest BCUT2D eigenvalue weighted by atomic mass is 10.1. The van der Waals surface area contributed by atoms with Crippen molar-refractivity contribution in [3.63, 3.8) is 0 Å². The van der Waals surface area contributed by atoms with Crippen molar-refractivity contribution >= 4 is 46.7 Å². The Bertz CT molecular complexity index is 920. The number of likely N-dealkylation sites (tertiary alicyclic amines) is 1. The van der Waals surface area contributed by atoms with E-state index in [0.717, 1.165) is 5.56 Å². The summed E-state index contributed by atoms with van der Waals surface area (Å²) >= 11 is 11.7. The molecule has 1 aliphatic heterocycles. The third kappa shape index (κ3) is 5.28. The summed E-state index contributed by atoms with van der Waals surface area (Å²) in [5.41, 5.74) is 1.44.